The van der Waals surface area contributed by atoms with Crippen LogP contribution in [0, 0.1) is 0 Å². The van der Waals surface area contributed by atoms with E-state index in [4.69, 9.17) is 9.47 Å². The van der Waals surface area contributed by atoms with Crippen LogP contribution < -0.4 is 20.7 Å². The second-order valence-corrected chi connectivity index (χ2v) is 15.0. The predicted molar refractivity (Wildman–Crippen MR) is 186 cm³/mol. The van der Waals surface area contributed by atoms with Crippen molar-refractivity contribution in [2.45, 2.75) is 83.4 Å². The van der Waals surface area contributed by atoms with E-state index in [2.05, 4.69) is 61.8 Å². The number of likely N-dealkylation sites (N-methyl/N-ethyl adjacent to an activating group) is 1. The van der Waals surface area contributed by atoms with Gasteiger partial charge in [-0.25, -0.2) is 14.8 Å². The van der Waals surface area contributed by atoms with Crippen LogP contribution in [0.4, 0.5) is 10.6 Å². The molecule has 0 spiro atoms. The van der Waals surface area contributed by atoms with Crippen LogP contribution >= 0.6 is 0 Å². The molecule has 2 aliphatic rings. The van der Waals surface area contributed by atoms with E-state index in [1.165, 1.54) is 0 Å². The van der Waals surface area contributed by atoms with Gasteiger partial charge in [0.15, 0.2) is 5.65 Å². The smallest absolute Gasteiger partial charge is 0.320 e. The van der Waals surface area contributed by atoms with E-state index >= 15 is 0 Å². The van der Waals surface area contributed by atoms with Gasteiger partial charge < -0.3 is 20.1 Å². The first kappa shape index (κ1) is 34.3. The Morgan fingerprint density at radius 3 is 2.43 bits per heavy atom. The molecule has 0 radical (unpaired) electrons. The van der Waals surface area contributed by atoms with Crippen LogP contribution in [0.1, 0.15) is 99.8 Å². The zero-order valence-electron chi connectivity index (χ0n) is 29.4. The van der Waals surface area contributed by atoms with Crippen molar-refractivity contribution in [3.05, 3.63) is 77.1 Å². The van der Waals surface area contributed by atoms with Gasteiger partial charge in [-0.2, -0.15) is 0 Å². The van der Waals surface area contributed by atoms with Gasteiger partial charge in [-0.05, 0) is 43.1 Å². The molecule has 4 heterocycles. The molecule has 1 aliphatic carbocycles. The van der Waals surface area contributed by atoms with Crippen molar-refractivity contribution >= 4 is 23.4 Å². The summed E-state index contributed by atoms with van der Waals surface area (Å²) in [6.07, 6.45) is 3.12. The van der Waals surface area contributed by atoms with E-state index in [9.17, 15) is 9.59 Å². The summed E-state index contributed by atoms with van der Waals surface area (Å²) in [4.78, 5) is 37.6. The summed E-state index contributed by atoms with van der Waals surface area (Å²) in [6.45, 7) is 14.9. The molecule has 13 nitrogen and oxygen atoms in total. The standard InChI is InChI=1S/C36H47N9O4/c1-35(2,3)28-18-29(40-31(39-28)32(46)37-16-17-44(7)22-20-48-21-22)41-34(47)38-26-13-14-27(25-11-9-8-10-24(25)26)49-23-12-15-30-42-43-33(36(4,5)6)45(30)19-23/h8-12,15,18-19,22,26-27H,13-14,16-17,20-21H2,1-7H3,(H,37,46)(H2,38,39,40,41,47)/t26-,27+/m0/s1. The van der Waals surface area contributed by atoms with E-state index in [0.717, 1.165) is 28.3 Å². The topological polar surface area (TPSA) is 148 Å². The number of aromatic nitrogens is 5. The average molecular weight is 670 g/mol. The SMILES string of the molecule is CN(CCNC(=O)c1nc(NC(=O)N[C@H]2CC[C@@H](Oc3ccc4nnc(C(C)(C)C)n4c3)c3ccccc32)cc(C(C)(C)C)n1)C1COC1. The first-order valence-electron chi connectivity index (χ1n) is 16.9. The minimum atomic E-state index is -0.416. The van der Waals surface area contributed by atoms with Crippen molar-refractivity contribution in [2.75, 3.05) is 38.7 Å². The Kier molecular flexibility index (Phi) is 9.58. The van der Waals surface area contributed by atoms with Gasteiger partial charge in [0.05, 0.1) is 37.2 Å². The summed E-state index contributed by atoms with van der Waals surface area (Å²) < 4.78 is 13.8. The number of pyridine rings is 1. The zero-order chi connectivity index (χ0) is 34.9. The number of anilines is 1. The maximum Gasteiger partial charge on any atom is 0.320 e. The van der Waals surface area contributed by atoms with Crippen molar-refractivity contribution in [3.63, 3.8) is 0 Å². The molecular weight excluding hydrogens is 622 g/mol. The van der Waals surface area contributed by atoms with Crippen molar-refractivity contribution in [1.29, 1.82) is 0 Å². The molecular formula is C36H47N9O4. The maximum atomic E-state index is 13.4. The monoisotopic (exact) mass is 669 g/mol. The molecule has 0 bridgehead atoms. The summed E-state index contributed by atoms with van der Waals surface area (Å²) in [7, 11) is 2.01. The zero-order valence-corrected chi connectivity index (χ0v) is 29.4. The molecule has 4 aromatic rings. The fourth-order valence-corrected chi connectivity index (χ4v) is 6.03. The molecule has 2 atom stereocenters. The third-order valence-corrected chi connectivity index (χ3v) is 9.00. The van der Waals surface area contributed by atoms with Crippen LogP contribution in [0.15, 0.2) is 48.7 Å². The summed E-state index contributed by atoms with van der Waals surface area (Å²) in [6, 6.07) is 13.3. The third-order valence-electron chi connectivity index (χ3n) is 9.00. The number of carbonyl (C=O) groups excluding carboxylic acids is 2. The number of nitrogens with zero attached hydrogens (tertiary/aromatic N) is 6. The van der Waals surface area contributed by atoms with Crippen LogP contribution in [0.2, 0.25) is 0 Å². The Balaban J connectivity index is 1.13. The number of nitrogens with one attached hydrogen (secondary N) is 3. The van der Waals surface area contributed by atoms with Gasteiger partial charge in [-0.3, -0.25) is 19.4 Å². The molecule has 6 rings (SSSR count). The molecule has 0 saturated carbocycles. The Hall–Kier alpha value is -4.62. The Morgan fingerprint density at radius 2 is 1.73 bits per heavy atom. The summed E-state index contributed by atoms with van der Waals surface area (Å²) in [5, 5.41) is 17.6. The number of hydrogen-bond acceptors (Lipinski definition) is 9. The van der Waals surface area contributed by atoms with E-state index in [1.807, 2.05) is 74.8 Å². The minimum absolute atomic E-state index is 0.0136. The van der Waals surface area contributed by atoms with Gasteiger partial charge in [-0.1, -0.05) is 65.8 Å². The lowest BCUT2D eigenvalue weighted by atomic mass is 9.85. The van der Waals surface area contributed by atoms with Crippen LogP contribution in [0.25, 0.3) is 5.65 Å². The summed E-state index contributed by atoms with van der Waals surface area (Å²) in [5.41, 5.74) is 2.88. The molecule has 13 heteroatoms. The van der Waals surface area contributed by atoms with Gasteiger partial charge in [-0.15, -0.1) is 10.2 Å². The van der Waals surface area contributed by atoms with Crippen molar-refractivity contribution in [2.24, 2.45) is 0 Å². The Bertz CT molecular complexity index is 1820. The van der Waals surface area contributed by atoms with Crippen LogP contribution in [0.3, 0.4) is 0 Å². The fraction of sp³-hybridized carbons (Fsp3) is 0.500. The minimum Gasteiger partial charge on any atom is -0.484 e. The molecule has 1 fully saturated rings. The highest BCUT2D eigenvalue weighted by molar-refractivity contribution is 5.92. The first-order valence-corrected chi connectivity index (χ1v) is 16.9. The van der Waals surface area contributed by atoms with Crippen LogP contribution in [-0.4, -0.2) is 80.8 Å². The van der Waals surface area contributed by atoms with E-state index < -0.39 is 11.9 Å². The van der Waals surface area contributed by atoms with Gasteiger partial charge in [0.2, 0.25) is 5.82 Å². The lowest BCUT2D eigenvalue weighted by Crippen LogP contribution is -2.49. The molecule has 260 valence electrons. The number of ether oxygens (including phenoxy) is 2. The summed E-state index contributed by atoms with van der Waals surface area (Å²) >= 11 is 0. The molecule has 1 saturated heterocycles. The molecule has 3 aromatic heterocycles. The molecule has 0 unspecified atom stereocenters. The molecule has 49 heavy (non-hydrogen) atoms. The first-order chi connectivity index (χ1) is 23.3. The highest BCUT2D eigenvalue weighted by atomic mass is 16.5. The third kappa shape index (κ3) is 7.83. The van der Waals surface area contributed by atoms with E-state index in [-0.39, 0.29) is 34.6 Å². The Morgan fingerprint density at radius 1 is 0.980 bits per heavy atom. The van der Waals surface area contributed by atoms with E-state index in [1.54, 1.807) is 6.07 Å². The second-order valence-electron chi connectivity index (χ2n) is 15.0. The predicted octanol–water partition coefficient (Wildman–Crippen LogP) is 4.95. The number of urea groups is 1. The summed E-state index contributed by atoms with van der Waals surface area (Å²) in [5.74, 6) is 1.47. The maximum absolute atomic E-state index is 13.4. The number of amides is 3. The van der Waals surface area contributed by atoms with Gasteiger partial charge in [0.25, 0.3) is 5.91 Å². The fourth-order valence-electron chi connectivity index (χ4n) is 6.03. The number of fused-ring (bicyclic) bond motifs is 2. The number of hydrogen-bond donors (Lipinski definition) is 3. The van der Waals surface area contributed by atoms with Crippen molar-refractivity contribution in [1.82, 2.24) is 40.1 Å². The van der Waals surface area contributed by atoms with Gasteiger partial charge in [0.1, 0.15) is 23.5 Å². The van der Waals surface area contributed by atoms with E-state index in [0.29, 0.717) is 50.9 Å². The number of carbonyl (C=O) groups is 2. The highest BCUT2D eigenvalue weighted by Gasteiger charge is 2.30. The lowest BCUT2D eigenvalue weighted by Gasteiger charge is -2.34. The second kappa shape index (κ2) is 13.7. The number of benzene rings is 1. The van der Waals surface area contributed by atoms with Crippen molar-refractivity contribution < 1.29 is 19.1 Å². The lowest BCUT2D eigenvalue weighted by molar-refractivity contribution is -0.0552. The number of rotatable bonds is 9. The van der Waals surface area contributed by atoms with Crippen LogP contribution in [-0.2, 0) is 15.6 Å². The Labute approximate surface area is 287 Å². The highest BCUT2D eigenvalue weighted by Crippen LogP contribution is 2.39. The average Bonchev–Trinajstić information content (AvgIpc) is 3.45. The molecule has 3 amide bonds. The molecule has 1 aromatic carbocycles. The van der Waals surface area contributed by atoms with Crippen LogP contribution in [0.5, 0.6) is 5.75 Å². The van der Waals surface area contributed by atoms with Gasteiger partial charge >= 0.3 is 6.03 Å². The molecule has 1 aliphatic heterocycles. The molecule has 3 N–H and O–H groups in total. The van der Waals surface area contributed by atoms with Crippen molar-refractivity contribution in [3.8, 4) is 5.75 Å². The quantitative estimate of drug-likeness (QED) is 0.225. The van der Waals surface area contributed by atoms with Gasteiger partial charge in [0, 0.05) is 30.0 Å². The normalized spacial score (nSPS) is 18.1. The largest absolute Gasteiger partial charge is 0.484 e.